The molecule has 0 amide bonds. The second-order valence-corrected chi connectivity index (χ2v) is 11.1. The van der Waals surface area contributed by atoms with Gasteiger partial charge in [0.05, 0.1) is 0 Å². The van der Waals surface area contributed by atoms with Gasteiger partial charge in [-0.05, 0) is 14.1 Å². The minimum atomic E-state index is -3.64. The van der Waals surface area contributed by atoms with Crippen molar-refractivity contribution in [2.45, 2.75) is 5.52 Å². The summed E-state index contributed by atoms with van der Waals surface area (Å²) in [4.78, 5) is 1.66. The third kappa shape index (κ3) is 3.42. The molecule has 0 fully saturated rings. The highest BCUT2D eigenvalue weighted by Gasteiger charge is 2.50. The molecule has 2 aromatic carbocycles. The van der Waals surface area contributed by atoms with Crippen LogP contribution in [0.15, 0.2) is 60.7 Å². The fourth-order valence-electron chi connectivity index (χ4n) is 2.78. The van der Waals surface area contributed by atoms with Crippen LogP contribution in [-0.4, -0.2) is 38.7 Å². The van der Waals surface area contributed by atoms with Crippen LogP contribution in [0.2, 0.25) is 0 Å². The predicted molar refractivity (Wildman–Crippen MR) is 98.9 cm³/mol. The third-order valence-electron chi connectivity index (χ3n) is 3.86. The van der Waals surface area contributed by atoms with E-state index in [4.69, 9.17) is 9.05 Å². The largest absolute Gasteiger partial charge is 0.355 e. The molecule has 0 saturated heterocycles. The van der Waals surface area contributed by atoms with Crippen molar-refractivity contribution in [2.24, 2.45) is 0 Å². The van der Waals surface area contributed by atoms with E-state index < -0.39 is 20.3 Å². The summed E-state index contributed by atoms with van der Waals surface area (Å²) >= 11 is 0. The lowest BCUT2D eigenvalue weighted by Gasteiger charge is -2.36. The summed E-state index contributed by atoms with van der Waals surface area (Å²) in [5.74, 6) is 0. The molecule has 2 rings (SSSR count). The molecule has 0 aromatic heterocycles. The van der Waals surface area contributed by atoms with Crippen molar-refractivity contribution in [1.29, 1.82) is 0 Å². The Bertz CT molecular complexity index is 698. The first kappa shape index (κ1) is 19.1. The average molecular weight is 367 g/mol. The van der Waals surface area contributed by atoms with Gasteiger partial charge in [0.2, 0.25) is 0 Å². The quantitative estimate of drug-likeness (QED) is 0.703. The topological polar surface area (TPSA) is 55.8 Å². The van der Waals surface area contributed by atoms with E-state index in [1.165, 1.54) is 14.2 Å². The van der Waals surface area contributed by atoms with Gasteiger partial charge in [0.15, 0.2) is 12.7 Å². The molecule has 2 aromatic rings. The van der Waals surface area contributed by atoms with Gasteiger partial charge in [0.1, 0.15) is 0 Å². The highest BCUT2D eigenvalue weighted by Crippen LogP contribution is 2.68. The minimum absolute atomic E-state index is 0.615. The molecule has 7 heteroatoms. The van der Waals surface area contributed by atoms with Gasteiger partial charge in [0.25, 0.3) is 0 Å². The third-order valence-corrected chi connectivity index (χ3v) is 11.0. The SMILES string of the molecule is COP(=O)(OC)C(N(C)C)P(=O)(c1ccccc1)c1ccccc1. The van der Waals surface area contributed by atoms with E-state index in [-0.39, 0.29) is 0 Å². The number of benzene rings is 2. The van der Waals surface area contributed by atoms with Gasteiger partial charge in [-0.15, -0.1) is 0 Å². The smallest absolute Gasteiger partial charge is 0.311 e. The highest BCUT2D eigenvalue weighted by atomic mass is 31.2. The molecule has 24 heavy (non-hydrogen) atoms. The van der Waals surface area contributed by atoms with E-state index in [0.717, 1.165) is 0 Å². The summed E-state index contributed by atoms with van der Waals surface area (Å²) in [7, 11) is -0.868. The van der Waals surface area contributed by atoms with Gasteiger partial charge in [-0.1, -0.05) is 60.7 Å². The van der Waals surface area contributed by atoms with Crippen LogP contribution in [0.5, 0.6) is 0 Å². The second kappa shape index (κ2) is 7.77. The van der Waals surface area contributed by atoms with Crippen molar-refractivity contribution in [3.63, 3.8) is 0 Å². The van der Waals surface area contributed by atoms with Crippen LogP contribution in [0.25, 0.3) is 0 Å². The van der Waals surface area contributed by atoms with Gasteiger partial charge in [-0.3, -0.25) is 9.46 Å². The summed E-state index contributed by atoms with van der Waals surface area (Å²) in [5, 5.41) is 1.23. The summed E-state index contributed by atoms with van der Waals surface area (Å²) < 4.78 is 38.0. The van der Waals surface area contributed by atoms with Crippen LogP contribution >= 0.6 is 14.7 Å². The van der Waals surface area contributed by atoms with Gasteiger partial charge < -0.3 is 13.6 Å². The normalized spacial score (nSPS) is 13.9. The summed E-state index contributed by atoms with van der Waals surface area (Å²) in [6.45, 7) is 0. The molecular formula is C17H23NO4P2. The van der Waals surface area contributed by atoms with Crippen LogP contribution in [0, 0.1) is 0 Å². The lowest BCUT2D eigenvalue weighted by Crippen LogP contribution is -2.36. The van der Waals surface area contributed by atoms with E-state index in [9.17, 15) is 9.13 Å². The van der Waals surface area contributed by atoms with Gasteiger partial charge >= 0.3 is 7.60 Å². The summed E-state index contributed by atoms with van der Waals surface area (Å²) in [6, 6.07) is 18.2. The van der Waals surface area contributed by atoms with E-state index in [0.29, 0.717) is 10.6 Å². The molecule has 0 radical (unpaired) electrons. The fraction of sp³-hybridized carbons (Fsp3) is 0.294. The zero-order valence-electron chi connectivity index (χ0n) is 14.3. The van der Waals surface area contributed by atoms with E-state index in [2.05, 4.69) is 0 Å². The predicted octanol–water partition coefficient (Wildman–Crippen LogP) is 3.33. The van der Waals surface area contributed by atoms with Gasteiger partial charge in [-0.25, -0.2) is 0 Å². The van der Waals surface area contributed by atoms with Crippen LogP contribution < -0.4 is 10.6 Å². The maximum absolute atomic E-state index is 14.3. The Morgan fingerprint density at radius 2 is 1.17 bits per heavy atom. The molecule has 0 aliphatic rings. The van der Waals surface area contributed by atoms with Crippen molar-refractivity contribution in [2.75, 3.05) is 28.3 Å². The first-order valence-electron chi connectivity index (χ1n) is 7.48. The molecule has 130 valence electrons. The van der Waals surface area contributed by atoms with Crippen LogP contribution in [0.1, 0.15) is 0 Å². The number of rotatable bonds is 7. The molecule has 0 aliphatic heterocycles. The van der Waals surface area contributed by atoms with Crippen molar-refractivity contribution >= 4 is 25.3 Å². The summed E-state index contributed by atoms with van der Waals surface area (Å²) in [5.41, 5.74) is -0.926. The number of hydrogen-bond acceptors (Lipinski definition) is 5. The first-order chi connectivity index (χ1) is 11.4. The van der Waals surface area contributed by atoms with E-state index in [1.54, 1.807) is 43.3 Å². The van der Waals surface area contributed by atoms with E-state index >= 15 is 0 Å². The molecular weight excluding hydrogens is 344 g/mol. The Kier molecular flexibility index (Phi) is 6.19. The standard InChI is InChI=1S/C17H23NO4P2/c1-18(2)17(24(20,21-3)22-4)23(19,15-11-7-5-8-12-15)16-13-9-6-10-14-16/h5-14,17H,1-4H3. The van der Waals surface area contributed by atoms with Crippen LogP contribution in [0.3, 0.4) is 0 Å². The fourth-order valence-corrected chi connectivity index (χ4v) is 9.55. The van der Waals surface area contributed by atoms with Crippen LogP contribution in [0.4, 0.5) is 0 Å². The zero-order chi connectivity index (χ0) is 17.8. The maximum Gasteiger partial charge on any atom is 0.355 e. The Morgan fingerprint density at radius 3 is 1.46 bits per heavy atom. The molecule has 0 N–H and O–H groups in total. The van der Waals surface area contributed by atoms with Crippen molar-refractivity contribution in [3.8, 4) is 0 Å². The zero-order valence-corrected chi connectivity index (χ0v) is 16.1. The molecule has 0 aliphatic carbocycles. The van der Waals surface area contributed by atoms with E-state index in [1.807, 2.05) is 36.4 Å². The highest BCUT2D eigenvalue weighted by molar-refractivity contribution is 7.87. The summed E-state index contributed by atoms with van der Waals surface area (Å²) in [6.07, 6.45) is 0. The van der Waals surface area contributed by atoms with Gasteiger partial charge in [0, 0.05) is 24.8 Å². The molecule has 0 spiro atoms. The molecule has 0 saturated carbocycles. The van der Waals surface area contributed by atoms with Crippen molar-refractivity contribution in [3.05, 3.63) is 60.7 Å². The minimum Gasteiger partial charge on any atom is -0.311 e. The number of nitrogens with zero attached hydrogens (tertiary/aromatic N) is 1. The van der Waals surface area contributed by atoms with Crippen molar-refractivity contribution < 1.29 is 18.2 Å². The Labute approximate surface area is 143 Å². The molecule has 0 bridgehead atoms. The van der Waals surface area contributed by atoms with Crippen LogP contribution in [-0.2, 0) is 18.2 Å². The lowest BCUT2D eigenvalue weighted by molar-refractivity contribution is 0.248. The Balaban J connectivity index is 2.79. The molecule has 0 heterocycles. The molecule has 1 atom stereocenters. The first-order valence-corrected chi connectivity index (χ1v) is 10.9. The number of hydrogen-bond donors (Lipinski definition) is 0. The lowest BCUT2D eigenvalue weighted by atomic mass is 10.4. The average Bonchev–Trinajstić information content (AvgIpc) is 2.62. The molecule has 5 nitrogen and oxygen atoms in total. The van der Waals surface area contributed by atoms with Crippen molar-refractivity contribution in [1.82, 2.24) is 4.90 Å². The molecule has 1 unspecified atom stereocenters. The Hall–Kier alpha value is -1.22. The van der Waals surface area contributed by atoms with Gasteiger partial charge in [-0.2, -0.15) is 0 Å². The second-order valence-electron chi connectivity index (χ2n) is 5.54. The maximum atomic E-state index is 14.3. The Morgan fingerprint density at radius 1 is 0.792 bits per heavy atom. The monoisotopic (exact) mass is 367 g/mol.